The molecule has 0 spiro atoms. The van der Waals surface area contributed by atoms with Gasteiger partial charge in [-0.2, -0.15) is 0 Å². The summed E-state index contributed by atoms with van der Waals surface area (Å²) in [5, 5.41) is 0. The normalized spacial score (nSPS) is 32.4. The summed E-state index contributed by atoms with van der Waals surface area (Å²) in [4.78, 5) is 0. The summed E-state index contributed by atoms with van der Waals surface area (Å²) in [6.07, 6.45) is 19.2. The van der Waals surface area contributed by atoms with Crippen molar-refractivity contribution in [1.29, 1.82) is 0 Å². The maximum Gasteiger partial charge on any atom is 0.0995 e. The number of methoxy groups -OCH3 is 1. The average Bonchev–Trinajstić information content (AvgIpc) is 2.34. The number of fused-ring (bicyclic) bond motifs is 1. The maximum absolute atomic E-state index is 5.51. The van der Waals surface area contributed by atoms with Crippen molar-refractivity contribution in [3.63, 3.8) is 0 Å². The van der Waals surface area contributed by atoms with Crippen LogP contribution >= 0.6 is 0 Å². The largest absolute Gasteiger partial charge is 0.501 e. The predicted molar refractivity (Wildman–Crippen MR) is 68.1 cm³/mol. The lowest BCUT2D eigenvalue weighted by molar-refractivity contribution is 0.216. The molecular formula is C15H22O. The fourth-order valence-corrected chi connectivity index (χ4v) is 2.71. The van der Waals surface area contributed by atoms with Gasteiger partial charge in [0.15, 0.2) is 0 Å². The maximum atomic E-state index is 5.51. The van der Waals surface area contributed by atoms with Gasteiger partial charge in [0.2, 0.25) is 0 Å². The lowest BCUT2D eigenvalue weighted by Gasteiger charge is -2.27. The Kier molecular flexibility index (Phi) is 4.26. The number of ether oxygens (including phenoxy) is 1. The fourth-order valence-electron chi connectivity index (χ4n) is 2.71. The second-order valence-electron chi connectivity index (χ2n) is 4.76. The SMILES string of the molecule is COC1=CC=CC2/C=C\CCCCCCC12. The van der Waals surface area contributed by atoms with Crippen LogP contribution in [0.2, 0.25) is 0 Å². The zero-order chi connectivity index (χ0) is 11.2. The standard InChI is InChI=1S/C15H22O/c1-16-15-12-8-10-13-9-6-4-2-3-5-7-11-14(13)15/h6,8-10,12-14H,2-5,7,11H2,1H3/b9-6-. The minimum Gasteiger partial charge on any atom is -0.501 e. The molecule has 0 saturated heterocycles. The molecule has 1 nitrogen and oxygen atoms in total. The van der Waals surface area contributed by atoms with Gasteiger partial charge in [-0.1, -0.05) is 43.6 Å². The van der Waals surface area contributed by atoms with E-state index in [-0.39, 0.29) is 0 Å². The first-order chi connectivity index (χ1) is 7.92. The summed E-state index contributed by atoms with van der Waals surface area (Å²) in [6, 6.07) is 0. The van der Waals surface area contributed by atoms with E-state index in [4.69, 9.17) is 4.74 Å². The Labute approximate surface area is 98.9 Å². The topological polar surface area (TPSA) is 9.23 Å². The van der Waals surface area contributed by atoms with Crippen LogP contribution in [0.5, 0.6) is 0 Å². The third-order valence-electron chi connectivity index (χ3n) is 3.65. The molecule has 88 valence electrons. The van der Waals surface area contributed by atoms with E-state index < -0.39 is 0 Å². The second kappa shape index (κ2) is 5.93. The minimum atomic E-state index is 0.554. The highest BCUT2D eigenvalue weighted by atomic mass is 16.5. The van der Waals surface area contributed by atoms with Gasteiger partial charge in [-0.25, -0.2) is 0 Å². The van der Waals surface area contributed by atoms with Crippen LogP contribution in [0.3, 0.4) is 0 Å². The molecule has 0 heterocycles. The van der Waals surface area contributed by atoms with Gasteiger partial charge in [0.25, 0.3) is 0 Å². The van der Waals surface area contributed by atoms with Crippen molar-refractivity contribution < 1.29 is 4.74 Å². The highest BCUT2D eigenvalue weighted by Crippen LogP contribution is 2.33. The molecule has 2 atom stereocenters. The van der Waals surface area contributed by atoms with Crippen LogP contribution in [0.15, 0.2) is 36.1 Å². The van der Waals surface area contributed by atoms with Crippen LogP contribution < -0.4 is 0 Å². The summed E-state index contributed by atoms with van der Waals surface area (Å²) >= 11 is 0. The summed E-state index contributed by atoms with van der Waals surface area (Å²) in [5.41, 5.74) is 0. The fraction of sp³-hybridized carbons (Fsp3) is 0.600. The molecule has 0 radical (unpaired) electrons. The first-order valence-electron chi connectivity index (χ1n) is 6.51. The van der Waals surface area contributed by atoms with Gasteiger partial charge in [0.05, 0.1) is 12.9 Å². The molecule has 0 N–H and O–H groups in total. The van der Waals surface area contributed by atoms with Crippen LogP contribution in [0.1, 0.15) is 38.5 Å². The Balaban J connectivity index is 2.11. The van der Waals surface area contributed by atoms with Crippen molar-refractivity contribution in [3.05, 3.63) is 36.1 Å². The van der Waals surface area contributed by atoms with Gasteiger partial charge in [0.1, 0.15) is 0 Å². The molecule has 0 saturated carbocycles. The molecule has 0 fully saturated rings. The van der Waals surface area contributed by atoms with E-state index in [2.05, 4.69) is 30.4 Å². The highest BCUT2D eigenvalue weighted by molar-refractivity contribution is 5.22. The lowest BCUT2D eigenvalue weighted by atomic mass is 9.82. The van der Waals surface area contributed by atoms with E-state index in [1.54, 1.807) is 7.11 Å². The van der Waals surface area contributed by atoms with Crippen molar-refractivity contribution in [3.8, 4) is 0 Å². The molecule has 1 heteroatoms. The van der Waals surface area contributed by atoms with Crippen molar-refractivity contribution >= 4 is 0 Å². The quantitative estimate of drug-likeness (QED) is 0.598. The van der Waals surface area contributed by atoms with Gasteiger partial charge < -0.3 is 4.74 Å². The average molecular weight is 218 g/mol. The third-order valence-corrected chi connectivity index (χ3v) is 3.65. The van der Waals surface area contributed by atoms with Crippen LogP contribution in [-0.2, 0) is 4.74 Å². The molecule has 0 aromatic carbocycles. The van der Waals surface area contributed by atoms with Crippen LogP contribution in [-0.4, -0.2) is 7.11 Å². The van der Waals surface area contributed by atoms with E-state index in [9.17, 15) is 0 Å². The van der Waals surface area contributed by atoms with Crippen LogP contribution in [0.25, 0.3) is 0 Å². The number of rotatable bonds is 1. The molecule has 2 unspecified atom stereocenters. The second-order valence-corrected chi connectivity index (χ2v) is 4.76. The van der Waals surface area contributed by atoms with Gasteiger partial charge in [-0.05, 0) is 25.3 Å². The van der Waals surface area contributed by atoms with Gasteiger partial charge >= 0.3 is 0 Å². The molecule has 0 aromatic heterocycles. The van der Waals surface area contributed by atoms with E-state index >= 15 is 0 Å². The lowest BCUT2D eigenvalue weighted by Crippen LogP contribution is -2.17. The van der Waals surface area contributed by atoms with Crippen molar-refractivity contribution in [1.82, 2.24) is 0 Å². The van der Waals surface area contributed by atoms with Crippen LogP contribution in [0, 0.1) is 11.8 Å². The van der Waals surface area contributed by atoms with Gasteiger partial charge in [-0.15, -0.1) is 0 Å². The van der Waals surface area contributed by atoms with Crippen molar-refractivity contribution in [2.45, 2.75) is 38.5 Å². The van der Waals surface area contributed by atoms with E-state index in [0.29, 0.717) is 11.8 Å². The Morgan fingerprint density at radius 2 is 2.00 bits per heavy atom. The predicted octanol–water partition coefficient (Wildman–Crippen LogP) is 4.23. The minimum absolute atomic E-state index is 0.554. The summed E-state index contributed by atoms with van der Waals surface area (Å²) in [5.74, 6) is 2.29. The number of hydrogen-bond acceptors (Lipinski definition) is 1. The number of hydrogen-bond donors (Lipinski definition) is 0. The molecule has 2 rings (SSSR count). The summed E-state index contributed by atoms with van der Waals surface area (Å²) in [6.45, 7) is 0. The monoisotopic (exact) mass is 218 g/mol. The van der Waals surface area contributed by atoms with E-state index in [0.717, 1.165) is 5.76 Å². The van der Waals surface area contributed by atoms with Crippen molar-refractivity contribution in [2.75, 3.05) is 7.11 Å². The zero-order valence-electron chi connectivity index (χ0n) is 10.2. The Morgan fingerprint density at radius 1 is 1.12 bits per heavy atom. The smallest absolute Gasteiger partial charge is 0.0995 e. The summed E-state index contributed by atoms with van der Waals surface area (Å²) in [7, 11) is 1.80. The first kappa shape index (κ1) is 11.5. The molecule has 16 heavy (non-hydrogen) atoms. The molecule has 0 aliphatic heterocycles. The molecule has 0 aromatic rings. The van der Waals surface area contributed by atoms with Gasteiger partial charge in [0, 0.05) is 11.8 Å². The molecule has 0 bridgehead atoms. The molecule has 2 aliphatic rings. The van der Waals surface area contributed by atoms with Crippen molar-refractivity contribution in [2.24, 2.45) is 11.8 Å². The summed E-state index contributed by atoms with van der Waals surface area (Å²) < 4.78 is 5.51. The zero-order valence-corrected chi connectivity index (χ0v) is 10.2. The van der Waals surface area contributed by atoms with Gasteiger partial charge in [-0.3, -0.25) is 0 Å². The van der Waals surface area contributed by atoms with Crippen LogP contribution in [0.4, 0.5) is 0 Å². The molecule has 0 amide bonds. The number of allylic oxidation sites excluding steroid dienone is 6. The Morgan fingerprint density at radius 3 is 2.88 bits per heavy atom. The Bertz CT molecular complexity index is 299. The highest BCUT2D eigenvalue weighted by Gasteiger charge is 2.24. The van der Waals surface area contributed by atoms with E-state index in [1.807, 2.05) is 0 Å². The third kappa shape index (κ3) is 2.78. The molecular weight excluding hydrogens is 196 g/mol. The first-order valence-corrected chi connectivity index (χ1v) is 6.51. The molecule has 2 aliphatic carbocycles. The Hall–Kier alpha value is -0.980. The van der Waals surface area contributed by atoms with E-state index in [1.165, 1.54) is 38.5 Å².